The Morgan fingerprint density at radius 3 is 2.67 bits per heavy atom. The van der Waals surface area contributed by atoms with Crippen LogP contribution in [-0.2, 0) is 22.6 Å². The summed E-state index contributed by atoms with van der Waals surface area (Å²) in [7, 11) is 0.649. The third-order valence-corrected chi connectivity index (χ3v) is 10.5. The lowest BCUT2D eigenvalue weighted by atomic mass is 10.1. The Morgan fingerprint density at radius 1 is 1.21 bits per heavy atom. The van der Waals surface area contributed by atoms with E-state index in [1.54, 1.807) is 23.2 Å². The number of benzene rings is 1. The SMILES string of the molecule is CCOC(=O)c1nc(N(C)c2cc(C)c(N=c3sc4ccccc4n3COCC[Si](C)(C)C)nn2)sc1CC(C)CO. The molecule has 1 unspecified atom stereocenters. The average Bonchev–Trinajstić information content (AvgIpc) is 3.52. The fourth-order valence-corrected chi connectivity index (χ4v) is 7.01. The van der Waals surface area contributed by atoms with Crippen LogP contribution in [0, 0.1) is 12.8 Å². The quantitative estimate of drug-likeness (QED) is 0.110. The molecule has 0 amide bonds. The number of thiazole rings is 2. The molecule has 0 radical (unpaired) electrons. The second-order valence-corrected chi connectivity index (χ2v) is 19.2. The number of carbonyl (C=O) groups is 1. The number of rotatable bonds is 13. The molecule has 0 aliphatic rings. The van der Waals surface area contributed by atoms with E-state index in [0.29, 0.717) is 29.9 Å². The summed E-state index contributed by atoms with van der Waals surface area (Å²) in [6.45, 7) is 14.1. The molecule has 0 bridgehead atoms. The number of anilines is 2. The van der Waals surface area contributed by atoms with E-state index in [4.69, 9.17) is 14.5 Å². The van der Waals surface area contributed by atoms with Crippen LogP contribution in [0.3, 0.4) is 0 Å². The number of aryl methyl sites for hydroxylation is 1. The van der Waals surface area contributed by atoms with Crippen LogP contribution < -0.4 is 9.70 Å². The third-order valence-electron chi connectivity index (χ3n) is 6.58. The zero-order valence-corrected chi connectivity index (χ0v) is 28.0. The molecule has 0 fully saturated rings. The molecule has 0 spiro atoms. The molecule has 1 atom stereocenters. The van der Waals surface area contributed by atoms with Crippen molar-refractivity contribution in [3.05, 3.63) is 51.3 Å². The van der Waals surface area contributed by atoms with Crippen molar-refractivity contribution >= 4 is 63.7 Å². The van der Waals surface area contributed by atoms with E-state index in [2.05, 4.69) is 51.5 Å². The number of para-hydroxylation sites is 1. The predicted molar refractivity (Wildman–Crippen MR) is 172 cm³/mol. The molecule has 4 aromatic rings. The highest BCUT2D eigenvalue weighted by molar-refractivity contribution is 7.16. The van der Waals surface area contributed by atoms with E-state index in [1.165, 1.54) is 11.3 Å². The summed E-state index contributed by atoms with van der Waals surface area (Å²) in [5, 5.41) is 19.1. The van der Waals surface area contributed by atoms with E-state index in [0.717, 1.165) is 38.1 Å². The van der Waals surface area contributed by atoms with E-state index in [9.17, 15) is 9.90 Å². The molecule has 0 saturated carbocycles. The smallest absolute Gasteiger partial charge is 0.358 e. The Balaban J connectivity index is 1.63. The highest BCUT2D eigenvalue weighted by atomic mass is 32.1. The van der Waals surface area contributed by atoms with Gasteiger partial charge in [-0.15, -0.1) is 21.5 Å². The van der Waals surface area contributed by atoms with Crippen LogP contribution >= 0.6 is 22.7 Å². The minimum absolute atomic E-state index is 0.0119. The molecule has 1 N–H and O–H groups in total. The predicted octanol–water partition coefficient (Wildman–Crippen LogP) is 5.92. The maximum atomic E-state index is 12.6. The largest absolute Gasteiger partial charge is 0.461 e. The van der Waals surface area contributed by atoms with Gasteiger partial charge in [-0.2, -0.15) is 4.99 Å². The zero-order chi connectivity index (χ0) is 30.4. The minimum atomic E-state index is -1.19. The van der Waals surface area contributed by atoms with Gasteiger partial charge in [0.05, 0.1) is 16.8 Å². The van der Waals surface area contributed by atoms with Gasteiger partial charge in [-0.3, -0.25) is 4.57 Å². The first-order chi connectivity index (χ1) is 20.0. The Morgan fingerprint density at radius 2 is 1.98 bits per heavy atom. The molecule has 4 rings (SSSR count). The maximum Gasteiger partial charge on any atom is 0.358 e. The van der Waals surface area contributed by atoms with Crippen molar-refractivity contribution in [3.8, 4) is 0 Å². The van der Waals surface area contributed by atoms with Crippen molar-refractivity contribution in [1.82, 2.24) is 19.7 Å². The summed E-state index contributed by atoms with van der Waals surface area (Å²) in [6.07, 6.45) is 0.524. The van der Waals surface area contributed by atoms with Crippen LogP contribution in [0.15, 0.2) is 35.3 Å². The Labute approximate surface area is 255 Å². The van der Waals surface area contributed by atoms with Crippen molar-refractivity contribution in [3.63, 3.8) is 0 Å². The van der Waals surface area contributed by atoms with Crippen LogP contribution in [0.25, 0.3) is 10.2 Å². The zero-order valence-electron chi connectivity index (χ0n) is 25.4. The van der Waals surface area contributed by atoms with Crippen LogP contribution in [-0.4, -0.2) is 65.8 Å². The van der Waals surface area contributed by atoms with Gasteiger partial charge < -0.3 is 19.5 Å². The summed E-state index contributed by atoms with van der Waals surface area (Å²) in [5.41, 5.74) is 2.21. The molecule has 3 heterocycles. The van der Waals surface area contributed by atoms with Gasteiger partial charge in [0.2, 0.25) is 0 Å². The standard InChI is InChI=1S/C29H40N6O4S2Si/c1-8-39-27(37)25-23(15-19(2)17-36)41-28(30-25)34(4)24-16-20(3)26(33-32-24)31-29-35(18-38-13-14-42(5,6)7)21-11-9-10-12-22(21)40-29/h9-12,16,19,36H,8,13-15,17-18H2,1-7H3. The molecule has 42 heavy (non-hydrogen) atoms. The second kappa shape index (κ2) is 14.0. The summed E-state index contributed by atoms with van der Waals surface area (Å²) in [6, 6.07) is 11.2. The van der Waals surface area contributed by atoms with E-state index < -0.39 is 14.0 Å². The Bertz CT molecular complexity index is 1590. The average molecular weight is 629 g/mol. The van der Waals surface area contributed by atoms with Gasteiger partial charge in [-0.05, 0) is 56.0 Å². The first-order valence-electron chi connectivity index (χ1n) is 14.1. The number of esters is 1. The van der Waals surface area contributed by atoms with E-state index in [1.807, 2.05) is 39.1 Å². The number of aliphatic hydroxyl groups excluding tert-OH is 1. The first kappa shape index (κ1) is 32.0. The second-order valence-electron chi connectivity index (χ2n) is 11.5. The topological polar surface area (TPSA) is 115 Å². The number of nitrogens with zero attached hydrogens (tertiary/aromatic N) is 6. The van der Waals surface area contributed by atoms with Crippen molar-refractivity contribution in [2.24, 2.45) is 10.9 Å². The van der Waals surface area contributed by atoms with Crippen molar-refractivity contribution in [2.45, 2.75) is 59.6 Å². The molecule has 10 nitrogen and oxygen atoms in total. The lowest BCUT2D eigenvalue weighted by Gasteiger charge is -2.16. The fraction of sp³-hybridized carbons (Fsp3) is 0.483. The Hall–Kier alpha value is -2.97. The number of carbonyl (C=O) groups excluding carboxylic acids is 1. The van der Waals surface area contributed by atoms with E-state index in [-0.39, 0.29) is 24.8 Å². The van der Waals surface area contributed by atoms with Gasteiger partial charge in [0.25, 0.3) is 0 Å². The van der Waals surface area contributed by atoms with Gasteiger partial charge in [-0.25, -0.2) is 9.78 Å². The third kappa shape index (κ3) is 7.89. The van der Waals surface area contributed by atoms with Crippen molar-refractivity contribution in [2.75, 3.05) is 31.8 Å². The molecule has 226 valence electrons. The minimum Gasteiger partial charge on any atom is -0.461 e. The van der Waals surface area contributed by atoms with Gasteiger partial charge in [0, 0.05) is 33.2 Å². The lowest BCUT2D eigenvalue weighted by molar-refractivity contribution is 0.0518. The number of hydrogen-bond donors (Lipinski definition) is 1. The van der Waals surface area contributed by atoms with Crippen molar-refractivity contribution in [1.29, 1.82) is 0 Å². The molecule has 0 aliphatic carbocycles. The highest BCUT2D eigenvalue weighted by Gasteiger charge is 2.23. The molecular formula is C29H40N6O4S2Si. The fourth-order valence-electron chi connectivity index (χ4n) is 4.05. The van der Waals surface area contributed by atoms with Crippen LogP contribution in [0.1, 0.15) is 34.8 Å². The van der Waals surface area contributed by atoms with Crippen LogP contribution in [0.2, 0.25) is 25.7 Å². The van der Waals surface area contributed by atoms with Crippen molar-refractivity contribution < 1.29 is 19.4 Å². The Kier molecular flexibility index (Phi) is 10.6. The molecule has 0 saturated heterocycles. The summed E-state index contributed by atoms with van der Waals surface area (Å²) >= 11 is 2.98. The van der Waals surface area contributed by atoms with Gasteiger partial charge >= 0.3 is 5.97 Å². The molecule has 1 aromatic carbocycles. The summed E-state index contributed by atoms with van der Waals surface area (Å²) in [4.78, 5) is 25.4. The van der Waals surface area contributed by atoms with Crippen LogP contribution in [0.5, 0.6) is 0 Å². The van der Waals surface area contributed by atoms with Gasteiger partial charge in [0.15, 0.2) is 27.3 Å². The maximum absolute atomic E-state index is 12.6. The lowest BCUT2D eigenvalue weighted by Crippen LogP contribution is -2.23. The van der Waals surface area contributed by atoms with Gasteiger partial charge in [0.1, 0.15) is 6.73 Å². The highest BCUT2D eigenvalue weighted by Crippen LogP contribution is 2.32. The van der Waals surface area contributed by atoms with E-state index >= 15 is 0 Å². The van der Waals surface area contributed by atoms with Gasteiger partial charge in [-0.1, -0.05) is 50.0 Å². The number of aliphatic hydroxyl groups is 1. The molecular weight excluding hydrogens is 589 g/mol. The summed E-state index contributed by atoms with van der Waals surface area (Å²) in [5.74, 6) is 0.628. The number of fused-ring (bicyclic) bond motifs is 1. The molecule has 13 heteroatoms. The molecule has 0 aliphatic heterocycles. The number of aromatic nitrogens is 4. The molecule has 3 aromatic heterocycles. The van der Waals surface area contributed by atoms with Crippen LogP contribution in [0.4, 0.5) is 16.8 Å². The monoisotopic (exact) mass is 628 g/mol. The normalized spacial score (nSPS) is 13.1. The number of hydrogen-bond acceptors (Lipinski definition) is 11. The summed E-state index contributed by atoms with van der Waals surface area (Å²) < 4.78 is 14.5. The number of ether oxygens (including phenoxy) is 2. The first-order valence-corrected chi connectivity index (χ1v) is 19.4.